The number of carboxylic acids is 1. The molecule has 4 N–H and O–H groups in total. The lowest BCUT2D eigenvalue weighted by Crippen LogP contribution is -2.28. The fraction of sp³-hybridized carbons (Fsp3) is 0.667. The van der Waals surface area contributed by atoms with Gasteiger partial charge in [-0.15, -0.1) is 0 Å². The van der Waals surface area contributed by atoms with E-state index in [0.29, 0.717) is 6.42 Å². The highest BCUT2D eigenvalue weighted by molar-refractivity contribution is 5.76. The summed E-state index contributed by atoms with van der Waals surface area (Å²) in [6.07, 6.45) is 0.455. The third kappa shape index (κ3) is 10.5. The standard InChI is InChI=1S/C9H16N2O5/c10-7(12)6-16-5-4-11-8(13)2-1-3-9(14)15/h1-6H2,(H2,10,12)(H,11,13)(H,14,15). The third-order valence-corrected chi connectivity index (χ3v) is 1.61. The highest BCUT2D eigenvalue weighted by atomic mass is 16.5. The lowest BCUT2D eigenvalue weighted by molar-refractivity contribution is -0.137. The number of carbonyl (C=O) groups is 3. The molecule has 0 spiro atoms. The number of hydrogen-bond acceptors (Lipinski definition) is 4. The fourth-order valence-corrected chi connectivity index (χ4v) is 0.924. The summed E-state index contributed by atoms with van der Waals surface area (Å²) in [5.74, 6) is -1.71. The normalized spacial score (nSPS) is 9.75. The van der Waals surface area contributed by atoms with Crippen molar-refractivity contribution in [1.29, 1.82) is 0 Å². The smallest absolute Gasteiger partial charge is 0.303 e. The minimum Gasteiger partial charge on any atom is -0.481 e. The van der Waals surface area contributed by atoms with Crippen LogP contribution in [-0.4, -0.2) is 42.6 Å². The highest BCUT2D eigenvalue weighted by Crippen LogP contribution is 1.94. The molecule has 0 aliphatic heterocycles. The van der Waals surface area contributed by atoms with Crippen molar-refractivity contribution in [2.75, 3.05) is 19.8 Å². The van der Waals surface area contributed by atoms with Gasteiger partial charge in [-0.1, -0.05) is 0 Å². The molecule has 0 radical (unpaired) electrons. The number of carboxylic acid groups (broad SMARTS) is 1. The number of rotatable bonds is 9. The molecule has 0 fully saturated rings. The van der Waals surface area contributed by atoms with Crippen molar-refractivity contribution in [3.05, 3.63) is 0 Å². The molecule has 0 rings (SSSR count). The van der Waals surface area contributed by atoms with Crippen molar-refractivity contribution in [3.8, 4) is 0 Å². The number of amides is 2. The second kappa shape index (κ2) is 8.66. The van der Waals surface area contributed by atoms with Gasteiger partial charge in [0.25, 0.3) is 0 Å². The molecule has 0 aliphatic rings. The molecule has 0 saturated heterocycles. The molecule has 0 aliphatic carbocycles. The third-order valence-electron chi connectivity index (χ3n) is 1.61. The quantitative estimate of drug-likeness (QED) is 0.434. The largest absolute Gasteiger partial charge is 0.481 e. The SMILES string of the molecule is NC(=O)COCCNC(=O)CCCC(=O)O. The van der Waals surface area contributed by atoms with Crippen LogP contribution in [-0.2, 0) is 19.1 Å². The summed E-state index contributed by atoms with van der Waals surface area (Å²) < 4.78 is 4.80. The van der Waals surface area contributed by atoms with Crippen molar-refractivity contribution in [1.82, 2.24) is 5.32 Å². The van der Waals surface area contributed by atoms with E-state index in [1.807, 2.05) is 0 Å². The Hall–Kier alpha value is -1.63. The minimum atomic E-state index is -0.919. The number of carbonyl (C=O) groups excluding carboxylic acids is 2. The maximum absolute atomic E-state index is 11.1. The summed E-state index contributed by atoms with van der Waals surface area (Å²) in [6.45, 7) is 0.307. The number of primary amides is 1. The van der Waals surface area contributed by atoms with Crippen molar-refractivity contribution < 1.29 is 24.2 Å². The monoisotopic (exact) mass is 232 g/mol. The van der Waals surface area contributed by atoms with Crippen molar-refractivity contribution in [3.63, 3.8) is 0 Å². The van der Waals surface area contributed by atoms with Crippen molar-refractivity contribution >= 4 is 17.8 Å². The molecule has 0 aromatic carbocycles. The van der Waals surface area contributed by atoms with Gasteiger partial charge in [0.15, 0.2) is 0 Å². The molecule has 0 atom stereocenters. The van der Waals surface area contributed by atoms with Gasteiger partial charge >= 0.3 is 5.97 Å². The number of nitrogens with one attached hydrogen (secondary N) is 1. The molecule has 7 nitrogen and oxygen atoms in total. The highest BCUT2D eigenvalue weighted by Gasteiger charge is 2.03. The molecular weight excluding hydrogens is 216 g/mol. The Labute approximate surface area is 92.9 Å². The van der Waals surface area contributed by atoms with Crippen molar-refractivity contribution in [2.24, 2.45) is 5.73 Å². The zero-order valence-corrected chi connectivity index (χ0v) is 8.90. The van der Waals surface area contributed by atoms with Gasteiger partial charge in [-0.3, -0.25) is 14.4 Å². The first-order valence-electron chi connectivity index (χ1n) is 4.87. The number of aliphatic carboxylic acids is 1. The molecule has 0 aromatic rings. The number of ether oxygens (including phenoxy) is 1. The van der Waals surface area contributed by atoms with E-state index in [-0.39, 0.29) is 38.5 Å². The minimum absolute atomic E-state index is 0.0222. The Balaban J connectivity index is 3.30. The molecule has 16 heavy (non-hydrogen) atoms. The Bertz CT molecular complexity index is 254. The molecule has 0 unspecified atom stereocenters. The van der Waals surface area contributed by atoms with Gasteiger partial charge in [-0.2, -0.15) is 0 Å². The summed E-state index contributed by atoms with van der Waals surface area (Å²) in [5.41, 5.74) is 4.82. The van der Waals surface area contributed by atoms with Crippen LogP contribution in [0.15, 0.2) is 0 Å². The van der Waals surface area contributed by atoms with Gasteiger partial charge in [0, 0.05) is 19.4 Å². The molecular formula is C9H16N2O5. The van der Waals surface area contributed by atoms with Gasteiger partial charge in [-0.05, 0) is 6.42 Å². The first-order chi connectivity index (χ1) is 7.52. The van der Waals surface area contributed by atoms with Crippen LogP contribution in [0.4, 0.5) is 0 Å². The lowest BCUT2D eigenvalue weighted by atomic mass is 10.2. The lowest BCUT2D eigenvalue weighted by Gasteiger charge is -2.04. The summed E-state index contributed by atoms with van der Waals surface area (Å²) >= 11 is 0. The Morgan fingerprint density at radius 1 is 1.25 bits per heavy atom. The van der Waals surface area contributed by atoms with Crippen LogP contribution >= 0.6 is 0 Å². The van der Waals surface area contributed by atoms with Gasteiger partial charge in [0.05, 0.1) is 6.61 Å². The molecule has 0 saturated carbocycles. The van der Waals surface area contributed by atoms with E-state index in [4.69, 9.17) is 15.6 Å². The van der Waals surface area contributed by atoms with E-state index in [1.165, 1.54) is 0 Å². The van der Waals surface area contributed by atoms with Crippen LogP contribution in [0.1, 0.15) is 19.3 Å². The van der Waals surface area contributed by atoms with Gasteiger partial charge < -0.3 is 20.9 Å². The second-order valence-electron chi connectivity index (χ2n) is 3.12. The van der Waals surface area contributed by atoms with Gasteiger partial charge in [-0.25, -0.2) is 0 Å². The van der Waals surface area contributed by atoms with Crippen LogP contribution in [0.3, 0.4) is 0 Å². The second-order valence-corrected chi connectivity index (χ2v) is 3.12. The first-order valence-corrected chi connectivity index (χ1v) is 4.87. The number of hydrogen-bond donors (Lipinski definition) is 3. The van der Waals surface area contributed by atoms with Crippen LogP contribution < -0.4 is 11.1 Å². The topological polar surface area (TPSA) is 119 Å². The van der Waals surface area contributed by atoms with Crippen LogP contribution in [0.2, 0.25) is 0 Å². The van der Waals surface area contributed by atoms with E-state index in [0.717, 1.165) is 0 Å². The maximum Gasteiger partial charge on any atom is 0.303 e. The first kappa shape index (κ1) is 14.4. The predicted octanol–water partition coefficient (Wildman–Crippen LogP) is -1.14. The van der Waals surface area contributed by atoms with E-state index in [9.17, 15) is 14.4 Å². The molecule has 0 bridgehead atoms. The molecule has 2 amide bonds. The van der Waals surface area contributed by atoms with E-state index in [2.05, 4.69) is 5.32 Å². The van der Waals surface area contributed by atoms with Crippen LogP contribution in [0.25, 0.3) is 0 Å². The van der Waals surface area contributed by atoms with E-state index in [1.54, 1.807) is 0 Å². The molecule has 0 heterocycles. The Kier molecular flexibility index (Phi) is 7.78. The zero-order valence-electron chi connectivity index (χ0n) is 8.90. The van der Waals surface area contributed by atoms with Crippen LogP contribution in [0.5, 0.6) is 0 Å². The van der Waals surface area contributed by atoms with E-state index < -0.39 is 11.9 Å². The van der Waals surface area contributed by atoms with Gasteiger partial charge in [0.2, 0.25) is 11.8 Å². The fourth-order valence-electron chi connectivity index (χ4n) is 0.924. The molecule has 7 heteroatoms. The van der Waals surface area contributed by atoms with E-state index >= 15 is 0 Å². The summed E-state index contributed by atoms with van der Waals surface area (Å²) in [4.78, 5) is 31.5. The zero-order chi connectivity index (χ0) is 12.4. The molecule has 0 aromatic heterocycles. The Morgan fingerprint density at radius 2 is 1.94 bits per heavy atom. The van der Waals surface area contributed by atoms with Gasteiger partial charge in [0.1, 0.15) is 6.61 Å². The predicted molar refractivity (Wildman–Crippen MR) is 54.5 cm³/mol. The summed E-state index contributed by atoms with van der Waals surface area (Å²) in [5, 5.41) is 10.9. The van der Waals surface area contributed by atoms with Crippen molar-refractivity contribution in [2.45, 2.75) is 19.3 Å². The average molecular weight is 232 g/mol. The average Bonchev–Trinajstić information content (AvgIpc) is 2.16. The summed E-state index contributed by atoms with van der Waals surface area (Å²) in [7, 11) is 0. The van der Waals surface area contributed by atoms with Crippen LogP contribution in [0, 0.1) is 0 Å². The Morgan fingerprint density at radius 3 is 2.50 bits per heavy atom. The maximum atomic E-state index is 11.1. The summed E-state index contributed by atoms with van der Waals surface area (Å²) in [6, 6.07) is 0. The molecule has 92 valence electrons. The number of nitrogens with two attached hydrogens (primary N) is 1.